The molecule has 196 valence electrons. The molecule has 1 N–H and O–H groups in total. The molecule has 3 fully saturated rings. The van der Waals surface area contributed by atoms with Crippen molar-refractivity contribution in [2.24, 2.45) is 17.8 Å². The van der Waals surface area contributed by atoms with Crippen molar-refractivity contribution in [2.75, 3.05) is 11.9 Å². The Balaban J connectivity index is 1.58. The van der Waals surface area contributed by atoms with E-state index in [9.17, 15) is 28.7 Å². The molecule has 2 aromatic rings. The highest BCUT2D eigenvalue weighted by molar-refractivity contribution is 6.58. The van der Waals surface area contributed by atoms with Crippen molar-refractivity contribution >= 4 is 52.5 Å². The number of hydrogen-bond donors (Lipinski definition) is 1. The SMILES string of the molecule is Cc1cc([C@H]2C3=CC[C@@H]4C(=O)N(C)C(=O)[C@@H]4[C@@H]3C[C@@]3(Cl)C(=O)N(c4ccc(F)cc4)C(=O)[C@@]23Cl)ccc1O. The van der Waals surface area contributed by atoms with E-state index in [0.717, 1.165) is 21.9 Å². The Bertz CT molecular complexity index is 1480. The predicted octanol–water partition coefficient (Wildman–Crippen LogP) is 4.03. The molecule has 7 nitrogen and oxygen atoms in total. The quantitative estimate of drug-likeness (QED) is 0.342. The molecular formula is C28H23Cl2FN2O5. The zero-order chi connectivity index (χ0) is 27.3. The fourth-order valence-electron chi connectivity index (χ4n) is 6.79. The molecular weight excluding hydrogens is 534 g/mol. The Morgan fingerprint density at radius 2 is 1.66 bits per heavy atom. The van der Waals surface area contributed by atoms with Gasteiger partial charge in [0.2, 0.25) is 11.8 Å². The van der Waals surface area contributed by atoms with Crippen molar-refractivity contribution in [1.29, 1.82) is 0 Å². The smallest absolute Gasteiger partial charge is 0.258 e. The number of nitrogens with zero attached hydrogens (tertiary/aromatic N) is 2. The maximum atomic E-state index is 14.2. The maximum Gasteiger partial charge on any atom is 0.258 e. The second-order valence-electron chi connectivity index (χ2n) is 10.5. The Kier molecular flexibility index (Phi) is 5.37. The van der Waals surface area contributed by atoms with Crippen LogP contribution in [0, 0.1) is 30.5 Å². The molecule has 0 bridgehead atoms. The fourth-order valence-corrected chi connectivity index (χ4v) is 7.72. The number of carbonyl (C=O) groups excluding carboxylic acids is 4. The zero-order valence-electron chi connectivity index (χ0n) is 20.5. The van der Waals surface area contributed by atoms with Crippen LogP contribution in [0.2, 0.25) is 0 Å². The first-order chi connectivity index (χ1) is 17.9. The normalized spacial score (nSPS) is 34.3. The molecule has 10 heteroatoms. The van der Waals surface area contributed by atoms with Gasteiger partial charge in [-0.2, -0.15) is 0 Å². The number of hydrogen-bond acceptors (Lipinski definition) is 5. The first-order valence-corrected chi connectivity index (χ1v) is 13.0. The molecule has 2 aromatic carbocycles. The van der Waals surface area contributed by atoms with E-state index in [0.29, 0.717) is 16.7 Å². The number of phenolic OH excluding ortho intramolecular Hbond substituents is 1. The number of aryl methyl sites for hydroxylation is 1. The number of fused-ring (bicyclic) bond motifs is 4. The number of anilines is 1. The zero-order valence-corrected chi connectivity index (χ0v) is 22.0. The number of allylic oxidation sites excluding steroid dienone is 2. The van der Waals surface area contributed by atoms with Crippen LogP contribution in [0.3, 0.4) is 0 Å². The van der Waals surface area contributed by atoms with Crippen LogP contribution >= 0.6 is 23.2 Å². The monoisotopic (exact) mass is 556 g/mol. The molecule has 4 amide bonds. The van der Waals surface area contributed by atoms with E-state index in [-0.39, 0.29) is 36.1 Å². The number of halogens is 3. The summed E-state index contributed by atoms with van der Waals surface area (Å²) in [6.07, 6.45) is 2.00. The van der Waals surface area contributed by atoms with Crippen molar-refractivity contribution < 1.29 is 28.7 Å². The standard InChI is InChI=1S/C28H23Cl2FN2O5/c1-13-11-14(3-10-20(13)34)22-17-8-9-18-21(24(36)32(2)23(18)35)19(17)12-27(29)25(37)33(26(38)28(22,27)30)16-6-4-15(31)5-7-16/h3-8,10-11,18-19,21-22,34H,9,12H2,1-2H3/t18-,19+,21-,22-,27+,28-/m0/s1. The number of amides is 4. The molecule has 2 aliphatic heterocycles. The van der Waals surface area contributed by atoms with E-state index in [1.165, 1.54) is 25.2 Å². The van der Waals surface area contributed by atoms with E-state index in [1.807, 2.05) is 6.08 Å². The third-order valence-corrected chi connectivity index (χ3v) is 10.1. The number of phenols is 1. The van der Waals surface area contributed by atoms with Gasteiger partial charge in [-0.3, -0.25) is 24.1 Å². The first kappa shape index (κ1) is 25.1. The Morgan fingerprint density at radius 3 is 2.32 bits per heavy atom. The molecule has 2 saturated heterocycles. The molecule has 38 heavy (non-hydrogen) atoms. The Labute approximate surface area is 227 Å². The molecule has 0 aromatic heterocycles. The molecule has 6 atom stereocenters. The van der Waals surface area contributed by atoms with Crippen LogP contribution in [0.4, 0.5) is 10.1 Å². The largest absolute Gasteiger partial charge is 0.508 e. The summed E-state index contributed by atoms with van der Waals surface area (Å²) >= 11 is 14.5. The van der Waals surface area contributed by atoms with Crippen molar-refractivity contribution in [2.45, 2.75) is 35.4 Å². The first-order valence-electron chi connectivity index (χ1n) is 12.2. The minimum Gasteiger partial charge on any atom is -0.508 e. The van der Waals surface area contributed by atoms with Gasteiger partial charge in [0.1, 0.15) is 11.6 Å². The van der Waals surface area contributed by atoms with E-state index < -0.39 is 51.1 Å². The van der Waals surface area contributed by atoms with Gasteiger partial charge in [0.05, 0.1) is 17.5 Å². The summed E-state index contributed by atoms with van der Waals surface area (Å²) in [6.45, 7) is 1.69. The minimum absolute atomic E-state index is 0.0412. The number of benzene rings is 2. The van der Waals surface area contributed by atoms with Crippen LogP contribution in [0.1, 0.15) is 29.9 Å². The summed E-state index contributed by atoms with van der Waals surface area (Å²) in [6, 6.07) is 9.66. The van der Waals surface area contributed by atoms with Crippen LogP contribution in [-0.4, -0.2) is 50.4 Å². The topological polar surface area (TPSA) is 95.0 Å². The highest BCUT2D eigenvalue weighted by atomic mass is 35.5. The van der Waals surface area contributed by atoms with Gasteiger partial charge in [0.15, 0.2) is 9.75 Å². The summed E-state index contributed by atoms with van der Waals surface area (Å²) in [5.74, 6) is -5.56. The highest BCUT2D eigenvalue weighted by Crippen LogP contribution is 2.65. The minimum atomic E-state index is -1.99. The summed E-state index contributed by atoms with van der Waals surface area (Å²) in [5, 5.41) is 10.2. The number of aromatic hydroxyl groups is 1. The summed E-state index contributed by atoms with van der Waals surface area (Å²) in [7, 11) is 1.44. The van der Waals surface area contributed by atoms with Gasteiger partial charge in [-0.05, 0) is 67.1 Å². The van der Waals surface area contributed by atoms with Crippen LogP contribution < -0.4 is 4.90 Å². The molecule has 1 saturated carbocycles. The van der Waals surface area contributed by atoms with Gasteiger partial charge >= 0.3 is 0 Å². The van der Waals surface area contributed by atoms with Crippen molar-refractivity contribution in [3.63, 3.8) is 0 Å². The van der Waals surface area contributed by atoms with E-state index in [4.69, 9.17) is 23.2 Å². The van der Waals surface area contributed by atoms with Gasteiger partial charge in [0.25, 0.3) is 11.8 Å². The van der Waals surface area contributed by atoms with Gasteiger partial charge < -0.3 is 5.11 Å². The summed E-state index contributed by atoms with van der Waals surface area (Å²) in [4.78, 5) is 52.3. The predicted molar refractivity (Wildman–Crippen MR) is 137 cm³/mol. The number of imide groups is 2. The van der Waals surface area contributed by atoms with E-state index in [2.05, 4.69) is 0 Å². The third kappa shape index (κ3) is 3.01. The van der Waals surface area contributed by atoms with Gasteiger partial charge in [0, 0.05) is 13.0 Å². The van der Waals surface area contributed by atoms with Crippen molar-refractivity contribution in [1.82, 2.24) is 4.90 Å². The lowest BCUT2D eigenvalue weighted by molar-refractivity contribution is -0.138. The third-order valence-electron chi connectivity index (χ3n) is 8.67. The van der Waals surface area contributed by atoms with Crippen molar-refractivity contribution in [3.8, 4) is 5.75 Å². The molecule has 2 heterocycles. The van der Waals surface area contributed by atoms with Gasteiger partial charge in [-0.15, -0.1) is 23.2 Å². The van der Waals surface area contributed by atoms with Gasteiger partial charge in [-0.25, -0.2) is 9.29 Å². The molecule has 4 aliphatic rings. The maximum absolute atomic E-state index is 14.2. The fraction of sp³-hybridized carbons (Fsp3) is 0.357. The number of rotatable bonds is 2. The molecule has 2 aliphatic carbocycles. The van der Waals surface area contributed by atoms with Crippen molar-refractivity contribution in [3.05, 3.63) is 71.1 Å². The summed E-state index contributed by atoms with van der Waals surface area (Å²) < 4.78 is 13.7. The lowest BCUT2D eigenvalue weighted by Crippen LogP contribution is -2.60. The second kappa shape index (κ2) is 8.13. The lowest BCUT2D eigenvalue weighted by Gasteiger charge is -2.50. The van der Waals surface area contributed by atoms with Crippen LogP contribution in [0.5, 0.6) is 5.75 Å². The average molecular weight is 557 g/mol. The van der Waals surface area contributed by atoms with Crippen LogP contribution in [0.15, 0.2) is 54.1 Å². The molecule has 0 spiro atoms. The molecule has 6 rings (SSSR count). The molecule has 0 radical (unpaired) electrons. The lowest BCUT2D eigenvalue weighted by atomic mass is 9.56. The van der Waals surface area contributed by atoms with Crippen LogP contribution in [0.25, 0.3) is 0 Å². The number of carbonyl (C=O) groups is 4. The molecule has 0 unspecified atom stereocenters. The Morgan fingerprint density at radius 1 is 0.974 bits per heavy atom. The van der Waals surface area contributed by atoms with Gasteiger partial charge in [-0.1, -0.05) is 23.8 Å². The van der Waals surface area contributed by atoms with E-state index >= 15 is 0 Å². The van der Waals surface area contributed by atoms with Crippen LogP contribution in [-0.2, 0) is 19.2 Å². The number of alkyl halides is 2. The highest BCUT2D eigenvalue weighted by Gasteiger charge is 2.76. The average Bonchev–Trinajstić information content (AvgIpc) is 3.19. The second-order valence-corrected chi connectivity index (χ2v) is 11.8. The van der Waals surface area contributed by atoms with E-state index in [1.54, 1.807) is 19.1 Å². The number of likely N-dealkylation sites (tertiary alicyclic amines) is 1. The summed E-state index contributed by atoms with van der Waals surface area (Å²) in [5.41, 5.74) is 1.86. The Hall–Kier alpha value is -3.23.